The minimum absolute atomic E-state index is 0.0118. The van der Waals surface area contributed by atoms with Crippen molar-refractivity contribution < 1.29 is 4.79 Å². The fourth-order valence-corrected chi connectivity index (χ4v) is 1.57. The largest absolute Gasteiger partial charge is 0.352 e. The number of halogens is 2. The number of nitrogens with one attached hydrogen (secondary N) is 2. The summed E-state index contributed by atoms with van der Waals surface area (Å²) < 4.78 is 0. The van der Waals surface area contributed by atoms with Crippen LogP contribution in [0.2, 0.25) is 10.6 Å². The average Bonchev–Trinajstić information content (AvgIpc) is 2.99. The highest BCUT2D eigenvalue weighted by Gasteiger charge is 2.25. The Morgan fingerprint density at radius 2 is 1.88 bits per heavy atom. The third-order valence-electron chi connectivity index (χ3n) is 2.24. The third-order valence-corrected chi connectivity index (χ3v) is 2.58. The van der Waals surface area contributed by atoms with Gasteiger partial charge in [0, 0.05) is 6.04 Å². The van der Waals surface area contributed by atoms with Crippen molar-refractivity contribution in [1.29, 1.82) is 0 Å². The normalized spacial score (nSPS) is 16.4. The summed E-state index contributed by atoms with van der Waals surface area (Å²) in [6, 6.07) is -0.137. The summed E-state index contributed by atoms with van der Waals surface area (Å²) in [6.45, 7) is 1.71. The molecule has 1 aromatic heterocycles. The van der Waals surface area contributed by atoms with Crippen molar-refractivity contribution in [3.05, 3.63) is 10.6 Å². The van der Waals surface area contributed by atoms with Gasteiger partial charge in [-0.15, -0.1) is 0 Å². The lowest BCUT2D eigenvalue weighted by Crippen LogP contribution is -2.39. The van der Waals surface area contributed by atoms with Gasteiger partial charge in [-0.1, -0.05) is 0 Å². The van der Waals surface area contributed by atoms with E-state index in [0.717, 1.165) is 12.8 Å². The molecule has 2 rings (SSSR count). The van der Waals surface area contributed by atoms with Gasteiger partial charge in [0.2, 0.25) is 22.4 Å². The molecule has 0 spiro atoms. The second kappa shape index (κ2) is 5.01. The lowest BCUT2D eigenvalue weighted by molar-refractivity contribution is -0.121. The molecule has 1 aromatic rings. The predicted molar refractivity (Wildman–Crippen MR) is 64.1 cm³/mol. The number of amides is 1. The molecule has 17 heavy (non-hydrogen) atoms. The van der Waals surface area contributed by atoms with E-state index >= 15 is 0 Å². The van der Waals surface area contributed by atoms with Crippen molar-refractivity contribution >= 4 is 35.1 Å². The number of hydrogen-bond acceptors (Lipinski definition) is 5. The highest BCUT2D eigenvalue weighted by Crippen LogP contribution is 2.19. The van der Waals surface area contributed by atoms with E-state index in [9.17, 15) is 4.79 Å². The molecule has 0 saturated heterocycles. The molecule has 1 heterocycles. The van der Waals surface area contributed by atoms with E-state index in [1.807, 2.05) is 0 Å². The van der Waals surface area contributed by atoms with E-state index in [2.05, 4.69) is 25.6 Å². The van der Waals surface area contributed by atoms with Crippen LogP contribution in [0.1, 0.15) is 19.8 Å². The average molecular weight is 276 g/mol. The molecule has 92 valence electrons. The quantitative estimate of drug-likeness (QED) is 0.865. The van der Waals surface area contributed by atoms with Gasteiger partial charge in [-0.2, -0.15) is 15.0 Å². The molecule has 1 fully saturated rings. The number of anilines is 1. The van der Waals surface area contributed by atoms with Gasteiger partial charge in [-0.05, 0) is 43.0 Å². The van der Waals surface area contributed by atoms with Crippen LogP contribution in [0.5, 0.6) is 0 Å². The van der Waals surface area contributed by atoms with E-state index in [-0.39, 0.29) is 22.4 Å². The van der Waals surface area contributed by atoms with Crippen LogP contribution in [0.15, 0.2) is 0 Å². The molecule has 0 radical (unpaired) electrons. The van der Waals surface area contributed by atoms with Crippen LogP contribution in [-0.4, -0.2) is 32.9 Å². The second-order valence-corrected chi connectivity index (χ2v) is 4.52. The van der Waals surface area contributed by atoms with Crippen molar-refractivity contribution in [3.63, 3.8) is 0 Å². The molecule has 0 aliphatic heterocycles. The van der Waals surface area contributed by atoms with Crippen molar-refractivity contribution in [1.82, 2.24) is 20.3 Å². The first-order chi connectivity index (χ1) is 8.04. The Morgan fingerprint density at radius 1 is 1.29 bits per heavy atom. The van der Waals surface area contributed by atoms with Crippen molar-refractivity contribution in [2.75, 3.05) is 5.32 Å². The number of rotatable bonds is 4. The summed E-state index contributed by atoms with van der Waals surface area (Å²) >= 11 is 11.2. The van der Waals surface area contributed by atoms with Gasteiger partial charge in [-0.3, -0.25) is 4.79 Å². The van der Waals surface area contributed by atoms with Crippen LogP contribution >= 0.6 is 23.2 Å². The molecule has 1 aliphatic rings. The highest BCUT2D eigenvalue weighted by molar-refractivity contribution is 6.31. The smallest absolute Gasteiger partial charge is 0.242 e. The molecule has 1 atom stereocenters. The monoisotopic (exact) mass is 275 g/mol. The number of carbonyl (C=O) groups is 1. The summed E-state index contributed by atoms with van der Waals surface area (Å²) in [4.78, 5) is 22.9. The maximum Gasteiger partial charge on any atom is 0.242 e. The van der Waals surface area contributed by atoms with Gasteiger partial charge in [0.1, 0.15) is 6.04 Å². The van der Waals surface area contributed by atoms with Gasteiger partial charge in [0.25, 0.3) is 0 Å². The zero-order valence-electron chi connectivity index (χ0n) is 9.07. The fourth-order valence-electron chi connectivity index (χ4n) is 1.20. The van der Waals surface area contributed by atoms with Crippen molar-refractivity contribution in [3.8, 4) is 0 Å². The molecule has 2 N–H and O–H groups in total. The van der Waals surface area contributed by atoms with Gasteiger partial charge >= 0.3 is 0 Å². The Balaban J connectivity index is 1.96. The summed E-state index contributed by atoms with van der Waals surface area (Å²) in [6.07, 6.45) is 2.09. The van der Waals surface area contributed by atoms with Crippen LogP contribution in [0.3, 0.4) is 0 Å². The lowest BCUT2D eigenvalue weighted by Gasteiger charge is -2.13. The number of aromatic nitrogens is 3. The van der Waals surface area contributed by atoms with E-state index in [1.165, 1.54) is 0 Å². The summed E-state index contributed by atoms with van der Waals surface area (Å²) in [7, 11) is 0. The first-order valence-corrected chi connectivity index (χ1v) is 5.94. The van der Waals surface area contributed by atoms with Gasteiger partial charge in [-0.25, -0.2) is 0 Å². The first-order valence-electron chi connectivity index (χ1n) is 5.18. The second-order valence-electron chi connectivity index (χ2n) is 3.85. The zero-order valence-corrected chi connectivity index (χ0v) is 10.6. The summed E-state index contributed by atoms with van der Waals surface area (Å²) in [5.41, 5.74) is 0. The van der Waals surface area contributed by atoms with E-state index in [4.69, 9.17) is 23.2 Å². The number of hydrogen-bond donors (Lipinski definition) is 2. The van der Waals surface area contributed by atoms with Crippen LogP contribution < -0.4 is 10.6 Å². The molecule has 0 aromatic carbocycles. The highest BCUT2D eigenvalue weighted by atomic mass is 35.5. The molecule has 1 amide bonds. The van der Waals surface area contributed by atoms with E-state index in [0.29, 0.717) is 6.04 Å². The van der Waals surface area contributed by atoms with E-state index in [1.54, 1.807) is 6.92 Å². The first kappa shape index (κ1) is 12.3. The van der Waals surface area contributed by atoms with Crippen LogP contribution in [0, 0.1) is 0 Å². The lowest BCUT2D eigenvalue weighted by atomic mass is 10.3. The molecular weight excluding hydrogens is 265 g/mol. The third kappa shape index (κ3) is 3.67. The molecule has 1 saturated carbocycles. The SMILES string of the molecule is CC(Nc1nc(Cl)nc(Cl)n1)C(=O)NC1CC1. The standard InChI is InChI=1S/C9H11Cl2N5O/c1-4(6(17)13-5-2-3-5)12-9-15-7(10)14-8(11)16-9/h4-5H,2-3H2,1H3,(H,13,17)(H,12,14,15,16). The van der Waals surface area contributed by atoms with Gasteiger partial charge < -0.3 is 10.6 Å². The molecule has 0 bridgehead atoms. The van der Waals surface area contributed by atoms with Crippen LogP contribution in [0.25, 0.3) is 0 Å². The van der Waals surface area contributed by atoms with Crippen LogP contribution in [-0.2, 0) is 4.79 Å². The van der Waals surface area contributed by atoms with Crippen molar-refractivity contribution in [2.24, 2.45) is 0 Å². The number of nitrogens with zero attached hydrogens (tertiary/aromatic N) is 3. The molecule has 1 unspecified atom stereocenters. The van der Waals surface area contributed by atoms with Gasteiger partial charge in [0.15, 0.2) is 0 Å². The Kier molecular flexibility index (Phi) is 3.63. The molecular formula is C9H11Cl2N5O. The molecule has 6 nitrogen and oxygen atoms in total. The van der Waals surface area contributed by atoms with Crippen LogP contribution in [0.4, 0.5) is 5.95 Å². The minimum Gasteiger partial charge on any atom is -0.352 e. The Hall–Kier alpha value is -1.14. The van der Waals surface area contributed by atoms with E-state index < -0.39 is 6.04 Å². The molecule has 8 heteroatoms. The van der Waals surface area contributed by atoms with Crippen molar-refractivity contribution in [2.45, 2.75) is 31.8 Å². The maximum absolute atomic E-state index is 11.7. The zero-order chi connectivity index (χ0) is 12.4. The summed E-state index contributed by atoms with van der Waals surface area (Å²) in [5, 5.41) is 5.65. The molecule has 1 aliphatic carbocycles. The van der Waals surface area contributed by atoms with Gasteiger partial charge in [0.05, 0.1) is 0 Å². The fraction of sp³-hybridized carbons (Fsp3) is 0.556. The Bertz CT molecular complexity index is 417. The topological polar surface area (TPSA) is 79.8 Å². The summed E-state index contributed by atoms with van der Waals surface area (Å²) in [5.74, 6) is 0.0913. The number of carbonyl (C=O) groups excluding carboxylic acids is 1. The maximum atomic E-state index is 11.7. The minimum atomic E-state index is -0.454. The Morgan fingerprint density at radius 3 is 2.41 bits per heavy atom. The predicted octanol–water partition coefficient (Wildman–Crippen LogP) is 1.26. The Labute approximate surface area is 108 Å².